The van der Waals surface area contributed by atoms with Crippen LogP contribution in [0.5, 0.6) is 0 Å². The minimum Gasteiger partial charge on any atom is -0.0625 e. The van der Waals surface area contributed by atoms with Crippen molar-refractivity contribution in [1.29, 1.82) is 0 Å². The lowest BCUT2D eigenvalue weighted by Gasteiger charge is -2.50. The molecule has 0 radical (unpaired) electrons. The molecule has 0 nitrogen and oxygen atoms in total. The second kappa shape index (κ2) is 3.05. The molecule has 0 aromatic rings. The fraction of sp³-hybridized carbons (Fsp3) is 1.00. The third kappa shape index (κ3) is 1.20. The number of rotatable bonds is 2. The van der Waals surface area contributed by atoms with Gasteiger partial charge in [-0.2, -0.15) is 0 Å². The number of hydrogen-bond acceptors (Lipinski definition) is 0. The predicted molar refractivity (Wildman–Crippen MR) is 52.9 cm³/mol. The molecule has 2 aliphatic carbocycles. The summed E-state index contributed by atoms with van der Waals surface area (Å²) < 4.78 is 0. The van der Waals surface area contributed by atoms with Gasteiger partial charge in [0, 0.05) is 0 Å². The summed E-state index contributed by atoms with van der Waals surface area (Å²) in [4.78, 5) is 0. The quantitative estimate of drug-likeness (QED) is 0.586. The van der Waals surface area contributed by atoms with Gasteiger partial charge in [0.15, 0.2) is 0 Å². The van der Waals surface area contributed by atoms with Gasteiger partial charge in [-0.3, -0.25) is 0 Å². The van der Waals surface area contributed by atoms with Crippen LogP contribution in [0.2, 0.25) is 0 Å². The van der Waals surface area contributed by atoms with E-state index in [1.807, 2.05) is 0 Å². The molecule has 2 fully saturated rings. The Kier molecular flexibility index (Phi) is 2.18. The van der Waals surface area contributed by atoms with Gasteiger partial charge in [-0.15, -0.1) is 0 Å². The van der Waals surface area contributed by atoms with Crippen molar-refractivity contribution < 1.29 is 0 Å². The second-order valence-corrected chi connectivity index (χ2v) is 5.37. The van der Waals surface area contributed by atoms with Crippen molar-refractivity contribution in [3.8, 4) is 0 Å². The summed E-state index contributed by atoms with van der Waals surface area (Å²) in [6.45, 7) is 7.25. The lowest BCUT2D eigenvalue weighted by Crippen LogP contribution is -2.42. The first-order valence-corrected chi connectivity index (χ1v) is 5.70. The van der Waals surface area contributed by atoms with E-state index in [1.165, 1.54) is 25.7 Å². The summed E-state index contributed by atoms with van der Waals surface area (Å²) in [5.74, 6) is 5.31. The highest BCUT2D eigenvalue weighted by Crippen LogP contribution is 2.52. The van der Waals surface area contributed by atoms with Crippen molar-refractivity contribution in [2.45, 2.75) is 46.5 Å². The Bertz CT molecular complexity index is 149. The molecule has 0 aliphatic heterocycles. The molecule has 2 rings (SSSR count). The minimum atomic E-state index is 0.941. The molecule has 2 saturated carbocycles. The van der Waals surface area contributed by atoms with Crippen LogP contribution in [-0.4, -0.2) is 0 Å². The number of hydrogen-bond donors (Lipinski definition) is 0. The molecule has 12 heavy (non-hydrogen) atoms. The normalized spacial score (nSPS) is 47.0. The van der Waals surface area contributed by atoms with E-state index in [2.05, 4.69) is 20.8 Å². The van der Waals surface area contributed by atoms with E-state index in [1.54, 1.807) is 0 Å². The van der Waals surface area contributed by atoms with Crippen LogP contribution in [0.4, 0.5) is 0 Å². The van der Waals surface area contributed by atoms with E-state index < -0.39 is 0 Å². The topological polar surface area (TPSA) is 0 Å². The average molecular weight is 166 g/mol. The summed E-state index contributed by atoms with van der Waals surface area (Å²) in [5.41, 5.74) is 0. The van der Waals surface area contributed by atoms with Crippen LogP contribution in [-0.2, 0) is 0 Å². The Morgan fingerprint density at radius 3 is 1.83 bits per heavy atom. The van der Waals surface area contributed by atoms with Crippen molar-refractivity contribution in [3.63, 3.8) is 0 Å². The maximum Gasteiger partial charge on any atom is -0.0352 e. The van der Waals surface area contributed by atoms with Crippen molar-refractivity contribution in [1.82, 2.24) is 0 Å². The van der Waals surface area contributed by atoms with Crippen LogP contribution < -0.4 is 0 Å². The summed E-state index contributed by atoms with van der Waals surface area (Å²) in [6, 6.07) is 0. The monoisotopic (exact) mass is 166 g/mol. The molecule has 0 aromatic heterocycles. The van der Waals surface area contributed by atoms with Gasteiger partial charge in [0.1, 0.15) is 0 Å². The van der Waals surface area contributed by atoms with Crippen LogP contribution in [0.15, 0.2) is 0 Å². The molecule has 0 saturated heterocycles. The molecule has 0 heterocycles. The highest BCUT2D eigenvalue weighted by molar-refractivity contribution is 4.93. The smallest absolute Gasteiger partial charge is 0.0352 e. The Labute approximate surface area is 76.7 Å². The van der Waals surface area contributed by atoms with Crippen LogP contribution in [0.1, 0.15) is 46.5 Å². The highest BCUT2D eigenvalue weighted by atomic mass is 14.5. The average Bonchev–Trinajstić information content (AvgIpc) is 1.93. The van der Waals surface area contributed by atoms with E-state index >= 15 is 0 Å². The molecule has 0 spiro atoms. The van der Waals surface area contributed by atoms with Gasteiger partial charge in [-0.05, 0) is 48.9 Å². The zero-order valence-electron chi connectivity index (χ0n) is 8.72. The lowest BCUT2D eigenvalue weighted by molar-refractivity contribution is -0.00811. The van der Waals surface area contributed by atoms with Gasteiger partial charge in [-0.1, -0.05) is 27.2 Å². The maximum atomic E-state index is 2.45. The van der Waals surface area contributed by atoms with Gasteiger partial charge in [0.25, 0.3) is 0 Å². The Balaban J connectivity index is 1.88. The molecule has 0 bridgehead atoms. The molecular formula is C12H22. The van der Waals surface area contributed by atoms with Crippen molar-refractivity contribution in [2.75, 3.05) is 0 Å². The van der Waals surface area contributed by atoms with E-state index in [0.717, 1.165) is 29.6 Å². The largest absolute Gasteiger partial charge is 0.0625 e. The Hall–Kier alpha value is 0. The Morgan fingerprint density at radius 2 is 1.58 bits per heavy atom. The van der Waals surface area contributed by atoms with Crippen LogP contribution in [0.3, 0.4) is 0 Å². The molecule has 4 atom stereocenters. The summed E-state index contributed by atoms with van der Waals surface area (Å²) in [5, 5.41) is 0. The molecule has 0 heteroatoms. The summed E-state index contributed by atoms with van der Waals surface area (Å²) in [7, 11) is 0. The van der Waals surface area contributed by atoms with Gasteiger partial charge >= 0.3 is 0 Å². The summed E-state index contributed by atoms with van der Waals surface area (Å²) >= 11 is 0. The van der Waals surface area contributed by atoms with Gasteiger partial charge < -0.3 is 0 Å². The molecule has 0 N–H and O–H groups in total. The van der Waals surface area contributed by atoms with Crippen molar-refractivity contribution in [3.05, 3.63) is 0 Å². The fourth-order valence-corrected chi connectivity index (χ4v) is 3.24. The predicted octanol–water partition coefficient (Wildman–Crippen LogP) is 3.71. The highest BCUT2D eigenvalue weighted by Gasteiger charge is 2.43. The lowest BCUT2D eigenvalue weighted by atomic mass is 9.55. The molecule has 2 aliphatic rings. The van der Waals surface area contributed by atoms with Gasteiger partial charge in [-0.25, -0.2) is 0 Å². The zero-order chi connectivity index (χ0) is 8.72. The summed E-state index contributed by atoms with van der Waals surface area (Å²) in [6.07, 6.45) is 6.10. The first-order valence-electron chi connectivity index (χ1n) is 5.70. The third-order valence-electron chi connectivity index (χ3n) is 4.48. The first-order chi connectivity index (χ1) is 5.70. The molecule has 70 valence electrons. The SMILES string of the molecule is CC(C)C1CCC1C1CCC1C. The fourth-order valence-electron chi connectivity index (χ4n) is 3.24. The van der Waals surface area contributed by atoms with Crippen LogP contribution >= 0.6 is 0 Å². The van der Waals surface area contributed by atoms with E-state index in [9.17, 15) is 0 Å². The van der Waals surface area contributed by atoms with E-state index in [4.69, 9.17) is 0 Å². The second-order valence-electron chi connectivity index (χ2n) is 5.37. The minimum absolute atomic E-state index is 0.941. The van der Waals surface area contributed by atoms with Crippen molar-refractivity contribution in [2.24, 2.45) is 29.6 Å². The van der Waals surface area contributed by atoms with Crippen molar-refractivity contribution >= 4 is 0 Å². The van der Waals surface area contributed by atoms with Gasteiger partial charge in [0.05, 0.1) is 0 Å². The van der Waals surface area contributed by atoms with Crippen LogP contribution in [0, 0.1) is 29.6 Å². The molecular weight excluding hydrogens is 144 g/mol. The third-order valence-corrected chi connectivity index (χ3v) is 4.48. The van der Waals surface area contributed by atoms with Crippen LogP contribution in [0.25, 0.3) is 0 Å². The van der Waals surface area contributed by atoms with E-state index in [0.29, 0.717) is 0 Å². The zero-order valence-corrected chi connectivity index (χ0v) is 8.72. The molecule has 4 unspecified atom stereocenters. The maximum absolute atomic E-state index is 2.45. The van der Waals surface area contributed by atoms with Gasteiger partial charge in [0.2, 0.25) is 0 Å². The molecule has 0 amide bonds. The Morgan fingerprint density at radius 1 is 0.917 bits per heavy atom. The first kappa shape index (κ1) is 8.59. The van der Waals surface area contributed by atoms with E-state index in [-0.39, 0.29) is 0 Å². The molecule has 0 aromatic carbocycles. The standard InChI is InChI=1S/C12H22/c1-8(2)10-6-7-12(10)11-5-4-9(11)3/h8-12H,4-7H2,1-3H3.